The monoisotopic (exact) mass is 244 g/mol. The van der Waals surface area contributed by atoms with Gasteiger partial charge in [-0.2, -0.15) is 0 Å². The topological polar surface area (TPSA) is 65.2 Å². The van der Waals surface area contributed by atoms with E-state index in [2.05, 4.69) is 4.98 Å². The molecule has 1 aromatic heterocycles. The number of hydrogen-bond donors (Lipinski definition) is 1. The average molecular weight is 244 g/mol. The van der Waals surface area contributed by atoms with Gasteiger partial charge in [-0.25, -0.2) is 13.6 Å². The second kappa shape index (κ2) is 5.67. The normalized spacial score (nSPS) is 10.7. The van der Waals surface area contributed by atoms with E-state index in [0.717, 1.165) is 0 Å². The first kappa shape index (κ1) is 13.5. The van der Waals surface area contributed by atoms with Crippen molar-refractivity contribution in [3.05, 3.63) is 28.6 Å². The van der Waals surface area contributed by atoms with Gasteiger partial charge >= 0.3 is 5.97 Å². The Balaban J connectivity index is 3.27. The number of hydrogen-bond acceptors (Lipinski definition) is 4. The highest BCUT2D eigenvalue weighted by Crippen LogP contribution is 2.27. The molecular formula is C11H14F2N2O2. The largest absolute Gasteiger partial charge is 0.462 e. The Morgan fingerprint density at radius 3 is 2.71 bits per heavy atom. The number of carbonyl (C=O) groups is 1. The van der Waals surface area contributed by atoms with Crippen LogP contribution in [0, 0.1) is 6.92 Å². The van der Waals surface area contributed by atoms with Crippen molar-refractivity contribution in [3.8, 4) is 0 Å². The SMILES string of the molecule is CCOC(=O)c1cnc(CN)c(C(F)F)c1C. The molecule has 2 N–H and O–H groups in total. The lowest BCUT2D eigenvalue weighted by Gasteiger charge is -2.13. The van der Waals surface area contributed by atoms with Gasteiger partial charge < -0.3 is 10.5 Å². The standard InChI is InChI=1S/C11H14F2N2O2/c1-3-17-11(16)7-5-15-8(4-14)9(6(7)2)10(12)13/h5,10H,3-4,14H2,1-2H3. The van der Waals surface area contributed by atoms with E-state index in [-0.39, 0.29) is 35.5 Å². The minimum atomic E-state index is -2.71. The number of nitrogens with two attached hydrogens (primary N) is 1. The van der Waals surface area contributed by atoms with Crippen LogP contribution in [0.3, 0.4) is 0 Å². The first-order chi connectivity index (χ1) is 8.02. The molecular weight excluding hydrogens is 230 g/mol. The van der Waals surface area contributed by atoms with Crippen molar-refractivity contribution < 1.29 is 18.3 Å². The van der Waals surface area contributed by atoms with Gasteiger partial charge in [0.2, 0.25) is 0 Å². The first-order valence-electron chi connectivity index (χ1n) is 5.16. The zero-order valence-electron chi connectivity index (χ0n) is 9.67. The Bertz CT molecular complexity index is 422. The third kappa shape index (κ3) is 2.76. The lowest BCUT2D eigenvalue weighted by molar-refractivity contribution is 0.0524. The number of ether oxygens (including phenoxy) is 1. The molecule has 94 valence electrons. The molecule has 0 aliphatic rings. The minimum Gasteiger partial charge on any atom is -0.462 e. The number of rotatable bonds is 4. The van der Waals surface area contributed by atoms with Crippen LogP contribution in [-0.4, -0.2) is 17.6 Å². The van der Waals surface area contributed by atoms with Crippen LogP contribution in [0.15, 0.2) is 6.20 Å². The number of halogens is 2. The highest BCUT2D eigenvalue weighted by atomic mass is 19.3. The van der Waals surface area contributed by atoms with E-state index in [0.29, 0.717) is 0 Å². The van der Waals surface area contributed by atoms with E-state index >= 15 is 0 Å². The molecule has 0 aliphatic heterocycles. The van der Waals surface area contributed by atoms with Crippen LogP contribution in [0.1, 0.15) is 40.5 Å². The second-order valence-corrected chi connectivity index (χ2v) is 3.38. The summed E-state index contributed by atoms with van der Waals surface area (Å²) in [6.45, 7) is 3.17. The predicted molar refractivity (Wildman–Crippen MR) is 57.8 cm³/mol. The molecule has 0 radical (unpaired) electrons. The highest BCUT2D eigenvalue weighted by molar-refractivity contribution is 5.91. The highest BCUT2D eigenvalue weighted by Gasteiger charge is 2.22. The quantitative estimate of drug-likeness (QED) is 0.822. The molecule has 4 nitrogen and oxygen atoms in total. The van der Waals surface area contributed by atoms with Crippen molar-refractivity contribution in [3.63, 3.8) is 0 Å². The molecule has 0 fully saturated rings. The van der Waals surface area contributed by atoms with Crippen LogP contribution in [-0.2, 0) is 11.3 Å². The fourth-order valence-corrected chi connectivity index (χ4v) is 1.54. The number of esters is 1. The van der Waals surface area contributed by atoms with Gasteiger partial charge in [-0.05, 0) is 19.4 Å². The molecule has 1 rings (SSSR count). The number of nitrogens with zero attached hydrogens (tertiary/aromatic N) is 1. The molecule has 0 bridgehead atoms. The Kier molecular flexibility index (Phi) is 4.51. The molecule has 0 spiro atoms. The molecule has 6 heteroatoms. The Hall–Kier alpha value is -1.56. The summed E-state index contributed by atoms with van der Waals surface area (Å²) in [6.07, 6.45) is -1.49. The van der Waals surface area contributed by atoms with Crippen molar-refractivity contribution >= 4 is 5.97 Å². The van der Waals surface area contributed by atoms with E-state index in [1.807, 2.05) is 0 Å². The molecule has 17 heavy (non-hydrogen) atoms. The van der Waals surface area contributed by atoms with E-state index in [1.165, 1.54) is 13.1 Å². The summed E-state index contributed by atoms with van der Waals surface area (Å²) in [5.41, 5.74) is 5.38. The smallest absolute Gasteiger partial charge is 0.339 e. The zero-order chi connectivity index (χ0) is 13.0. The maximum absolute atomic E-state index is 12.9. The van der Waals surface area contributed by atoms with Crippen LogP contribution < -0.4 is 5.73 Å². The fourth-order valence-electron chi connectivity index (χ4n) is 1.54. The summed E-state index contributed by atoms with van der Waals surface area (Å²) in [5.74, 6) is -0.650. The van der Waals surface area contributed by atoms with Crippen molar-refractivity contribution in [2.24, 2.45) is 5.73 Å². The van der Waals surface area contributed by atoms with Crippen LogP contribution in [0.5, 0.6) is 0 Å². The van der Waals surface area contributed by atoms with Crippen LogP contribution in [0.4, 0.5) is 8.78 Å². The van der Waals surface area contributed by atoms with E-state index in [9.17, 15) is 13.6 Å². The molecule has 0 saturated heterocycles. The summed E-state index contributed by atoms with van der Waals surface area (Å²) in [7, 11) is 0. The van der Waals surface area contributed by atoms with E-state index in [1.54, 1.807) is 6.92 Å². The minimum absolute atomic E-state index is 0.0550. The molecule has 0 atom stereocenters. The van der Waals surface area contributed by atoms with Crippen molar-refractivity contribution in [1.82, 2.24) is 4.98 Å². The lowest BCUT2D eigenvalue weighted by atomic mass is 10.0. The van der Waals surface area contributed by atoms with Gasteiger partial charge in [-0.1, -0.05) is 0 Å². The van der Waals surface area contributed by atoms with Crippen LogP contribution in [0.2, 0.25) is 0 Å². The maximum Gasteiger partial charge on any atom is 0.339 e. The maximum atomic E-state index is 12.9. The van der Waals surface area contributed by atoms with Gasteiger partial charge in [0.1, 0.15) is 0 Å². The molecule has 0 aromatic carbocycles. The van der Waals surface area contributed by atoms with Gasteiger partial charge in [-0.3, -0.25) is 4.98 Å². The summed E-state index contributed by atoms with van der Waals surface area (Å²) < 4.78 is 30.5. The van der Waals surface area contributed by atoms with E-state index in [4.69, 9.17) is 10.5 Å². The Morgan fingerprint density at radius 2 is 2.24 bits per heavy atom. The lowest BCUT2D eigenvalue weighted by Crippen LogP contribution is -2.13. The fraction of sp³-hybridized carbons (Fsp3) is 0.455. The number of pyridine rings is 1. The summed E-state index contributed by atoms with van der Waals surface area (Å²) >= 11 is 0. The van der Waals surface area contributed by atoms with Crippen molar-refractivity contribution in [1.29, 1.82) is 0 Å². The predicted octanol–water partition coefficient (Wildman–Crippen LogP) is 1.96. The summed E-state index contributed by atoms with van der Waals surface area (Å²) in [4.78, 5) is 15.3. The van der Waals surface area contributed by atoms with E-state index < -0.39 is 12.4 Å². The second-order valence-electron chi connectivity index (χ2n) is 3.38. The van der Waals surface area contributed by atoms with Gasteiger partial charge in [0, 0.05) is 18.3 Å². The summed E-state index contributed by atoms with van der Waals surface area (Å²) in [5, 5.41) is 0. The Morgan fingerprint density at radius 1 is 1.59 bits per heavy atom. The molecule has 1 aromatic rings. The third-order valence-corrected chi connectivity index (χ3v) is 2.38. The summed E-state index contributed by atoms with van der Waals surface area (Å²) in [6, 6.07) is 0. The van der Waals surface area contributed by atoms with Crippen LogP contribution >= 0.6 is 0 Å². The van der Waals surface area contributed by atoms with Gasteiger partial charge in [0.25, 0.3) is 6.43 Å². The number of carbonyl (C=O) groups excluding carboxylic acids is 1. The number of aromatic nitrogens is 1. The van der Waals surface area contributed by atoms with Crippen molar-refractivity contribution in [2.75, 3.05) is 6.61 Å². The average Bonchev–Trinajstić information content (AvgIpc) is 2.27. The van der Waals surface area contributed by atoms with Gasteiger partial charge in [-0.15, -0.1) is 0 Å². The van der Waals surface area contributed by atoms with Crippen molar-refractivity contribution in [2.45, 2.75) is 26.8 Å². The molecule has 0 aliphatic carbocycles. The molecule has 0 unspecified atom stereocenters. The first-order valence-corrected chi connectivity index (χ1v) is 5.16. The molecule has 1 heterocycles. The number of alkyl halides is 2. The Labute approximate surface area is 97.8 Å². The van der Waals surface area contributed by atoms with Crippen LogP contribution in [0.25, 0.3) is 0 Å². The van der Waals surface area contributed by atoms with Gasteiger partial charge in [0.05, 0.1) is 17.9 Å². The third-order valence-electron chi connectivity index (χ3n) is 2.38. The van der Waals surface area contributed by atoms with Gasteiger partial charge in [0.15, 0.2) is 0 Å². The molecule has 0 saturated carbocycles. The molecule has 0 amide bonds. The zero-order valence-corrected chi connectivity index (χ0v) is 9.67.